The van der Waals surface area contributed by atoms with Crippen LogP contribution in [0.4, 0.5) is 5.69 Å². The summed E-state index contributed by atoms with van der Waals surface area (Å²) in [6.07, 6.45) is 6.80. The molecule has 1 aliphatic rings. The Balaban J connectivity index is 1.33. The van der Waals surface area contributed by atoms with Gasteiger partial charge in [-0.2, -0.15) is 0 Å². The molecule has 0 aliphatic carbocycles. The number of nitrogens with zero attached hydrogens (tertiary/aromatic N) is 3. The van der Waals surface area contributed by atoms with Crippen LogP contribution in [0.3, 0.4) is 0 Å². The van der Waals surface area contributed by atoms with Crippen molar-refractivity contribution in [1.29, 1.82) is 0 Å². The number of benzene rings is 2. The summed E-state index contributed by atoms with van der Waals surface area (Å²) in [5.74, 6) is 0.908. The van der Waals surface area contributed by atoms with Crippen LogP contribution in [0.5, 0.6) is 5.75 Å². The van der Waals surface area contributed by atoms with Crippen molar-refractivity contribution >= 4 is 17.3 Å². The molecule has 4 aromatic rings. The number of pyridine rings is 1. The molecule has 0 saturated carbocycles. The number of H-pyrrole nitrogens is 1. The minimum absolute atomic E-state index is 0.0390. The smallest absolute Gasteiger partial charge is 0.134 e. The summed E-state index contributed by atoms with van der Waals surface area (Å²) >= 11 is 6.05. The Labute approximate surface area is 217 Å². The molecule has 2 aromatic carbocycles. The van der Waals surface area contributed by atoms with E-state index in [1.165, 1.54) is 24.1 Å². The molecule has 3 N–H and O–H groups in total. The Morgan fingerprint density at radius 1 is 1.00 bits per heavy atom. The van der Waals surface area contributed by atoms with Crippen LogP contribution in [0.15, 0.2) is 67.0 Å². The van der Waals surface area contributed by atoms with Gasteiger partial charge in [0.15, 0.2) is 0 Å². The number of imidazole rings is 1. The van der Waals surface area contributed by atoms with Gasteiger partial charge in [-0.1, -0.05) is 29.8 Å². The highest BCUT2D eigenvalue weighted by molar-refractivity contribution is 6.32. The molecule has 36 heavy (non-hydrogen) atoms. The highest BCUT2D eigenvalue weighted by atomic mass is 35.5. The average molecular weight is 502 g/mol. The van der Waals surface area contributed by atoms with Crippen LogP contribution in [0.2, 0.25) is 5.02 Å². The topological polar surface area (TPSA) is 77.1 Å². The van der Waals surface area contributed by atoms with E-state index in [-0.39, 0.29) is 11.3 Å². The maximum Gasteiger partial charge on any atom is 0.134 e. The van der Waals surface area contributed by atoms with Gasteiger partial charge in [-0.05, 0) is 68.7 Å². The molecule has 0 bridgehead atoms. The summed E-state index contributed by atoms with van der Waals surface area (Å²) in [5, 5.41) is 14.2. The van der Waals surface area contributed by atoms with Gasteiger partial charge in [-0.15, -0.1) is 0 Å². The van der Waals surface area contributed by atoms with E-state index in [0.29, 0.717) is 11.4 Å². The Morgan fingerprint density at radius 3 is 2.42 bits per heavy atom. The van der Waals surface area contributed by atoms with Crippen molar-refractivity contribution in [3.63, 3.8) is 0 Å². The number of aromatic amines is 1. The Hall–Kier alpha value is -3.35. The van der Waals surface area contributed by atoms with Gasteiger partial charge in [0.1, 0.15) is 11.6 Å². The van der Waals surface area contributed by atoms with Crippen LogP contribution in [0.1, 0.15) is 38.1 Å². The van der Waals surface area contributed by atoms with E-state index in [2.05, 4.69) is 58.3 Å². The number of nitrogens with one attached hydrogen (secondary N) is 2. The second-order valence-corrected chi connectivity index (χ2v) is 10.5. The van der Waals surface area contributed by atoms with Crippen LogP contribution < -0.4 is 10.2 Å². The number of phenolic OH excluding ortho intramolecular Hbond substituents is 1. The van der Waals surface area contributed by atoms with Crippen molar-refractivity contribution in [1.82, 2.24) is 20.3 Å². The van der Waals surface area contributed by atoms with E-state index in [0.717, 1.165) is 48.0 Å². The minimum Gasteiger partial charge on any atom is -0.506 e. The third-order valence-electron chi connectivity index (χ3n) is 6.73. The zero-order chi connectivity index (χ0) is 25.1. The highest BCUT2D eigenvalue weighted by Gasteiger charge is 2.23. The van der Waals surface area contributed by atoms with Gasteiger partial charge in [0, 0.05) is 60.8 Å². The zero-order valence-corrected chi connectivity index (χ0v) is 21.5. The normalized spacial score (nSPS) is 13.9. The highest BCUT2D eigenvalue weighted by Crippen LogP contribution is 2.34. The Morgan fingerprint density at radius 2 is 1.72 bits per heavy atom. The fraction of sp³-hybridized carbons (Fsp3) is 0.310. The predicted octanol–water partition coefficient (Wildman–Crippen LogP) is 6.21. The lowest BCUT2D eigenvalue weighted by molar-refractivity contribution is 0.378. The number of rotatable bonds is 8. The third-order valence-corrected chi connectivity index (χ3v) is 7.05. The summed E-state index contributed by atoms with van der Waals surface area (Å²) in [6, 6.07) is 18.0. The van der Waals surface area contributed by atoms with E-state index in [4.69, 9.17) is 16.6 Å². The van der Waals surface area contributed by atoms with E-state index < -0.39 is 0 Å². The van der Waals surface area contributed by atoms with Crippen molar-refractivity contribution in [2.45, 2.75) is 45.2 Å². The predicted molar refractivity (Wildman–Crippen MR) is 146 cm³/mol. The number of hydrogen-bond donors (Lipinski definition) is 3. The molecule has 0 unspecified atom stereocenters. The second-order valence-electron chi connectivity index (χ2n) is 10.1. The molecular formula is C29H32ClN5O. The molecule has 3 heterocycles. The van der Waals surface area contributed by atoms with Crippen molar-refractivity contribution in [3.8, 4) is 28.3 Å². The number of aromatic hydroxyl groups is 1. The Kier molecular flexibility index (Phi) is 6.99. The van der Waals surface area contributed by atoms with Gasteiger partial charge in [0.05, 0.1) is 16.4 Å². The molecule has 0 spiro atoms. The molecule has 0 atom stereocenters. The maximum absolute atomic E-state index is 10.2. The molecule has 1 fully saturated rings. The summed E-state index contributed by atoms with van der Waals surface area (Å²) in [6.45, 7) is 7.48. The molecule has 0 radical (unpaired) electrons. The van der Waals surface area contributed by atoms with Gasteiger partial charge in [0.2, 0.25) is 0 Å². The first kappa shape index (κ1) is 24.3. The van der Waals surface area contributed by atoms with Crippen molar-refractivity contribution < 1.29 is 5.11 Å². The average Bonchev–Trinajstić information content (AvgIpc) is 3.56. The molecule has 0 amide bonds. The van der Waals surface area contributed by atoms with Gasteiger partial charge in [0.25, 0.3) is 0 Å². The summed E-state index contributed by atoms with van der Waals surface area (Å²) in [5.41, 5.74) is 5.84. The van der Waals surface area contributed by atoms with Crippen LogP contribution in [-0.4, -0.2) is 38.7 Å². The first-order chi connectivity index (χ1) is 17.4. The van der Waals surface area contributed by atoms with Crippen molar-refractivity contribution in [3.05, 3.63) is 83.4 Å². The molecule has 1 aliphatic heterocycles. The van der Waals surface area contributed by atoms with Crippen LogP contribution in [0, 0.1) is 0 Å². The number of hydrogen-bond acceptors (Lipinski definition) is 5. The lowest BCUT2D eigenvalue weighted by Crippen LogP contribution is -2.41. The fourth-order valence-corrected chi connectivity index (χ4v) is 4.84. The van der Waals surface area contributed by atoms with Gasteiger partial charge < -0.3 is 20.3 Å². The third kappa shape index (κ3) is 5.55. The molecular weight excluding hydrogens is 470 g/mol. The standard InChI is InChI=1S/C29H32ClN5O/c1-29(2,32-19-20-5-8-23(9-6-20)35-15-3-4-16-35)18-26-33-27(21-11-13-31-14-12-21)28(34-26)22-7-10-24(30)25(36)17-22/h5-14,17,32,36H,3-4,15-16,18-19H2,1-2H3,(H,33,34). The van der Waals surface area contributed by atoms with Crippen molar-refractivity contribution in [2.75, 3.05) is 18.0 Å². The van der Waals surface area contributed by atoms with E-state index in [1.807, 2.05) is 18.2 Å². The lowest BCUT2D eigenvalue weighted by Gasteiger charge is -2.26. The fourth-order valence-electron chi connectivity index (χ4n) is 4.72. The number of phenols is 1. The lowest BCUT2D eigenvalue weighted by atomic mass is 9.99. The van der Waals surface area contributed by atoms with Crippen molar-refractivity contribution in [2.24, 2.45) is 0 Å². The molecule has 6 nitrogen and oxygen atoms in total. The quantitative estimate of drug-likeness (QED) is 0.267. The summed E-state index contributed by atoms with van der Waals surface area (Å²) < 4.78 is 0. The Bertz CT molecular complexity index is 1310. The molecule has 2 aromatic heterocycles. The first-order valence-electron chi connectivity index (χ1n) is 12.4. The number of aromatic nitrogens is 3. The maximum atomic E-state index is 10.2. The molecule has 7 heteroatoms. The van der Waals surface area contributed by atoms with Crippen LogP contribution >= 0.6 is 11.6 Å². The zero-order valence-electron chi connectivity index (χ0n) is 20.8. The first-order valence-corrected chi connectivity index (χ1v) is 12.8. The van der Waals surface area contributed by atoms with Gasteiger partial charge >= 0.3 is 0 Å². The summed E-state index contributed by atoms with van der Waals surface area (Å²) in [7, 11) is 0. The van der Waals surface area contributed by atoms with Gasteiger partial charge in [-0.25, -0.2) is 4.98 Å². The molecule has 186 valence electrons. The van der Waals surface area contributed by atoms with Crippen LogP contribution in [-0.2, 0) is 13.0 Å². The number of anilines is 1. The second kappa shape index (κ2) is 10.3. The SMILES string of the molecule is CC(C)(Cc1nc(-c2ccc(Cl)c(O)c2)c(-c2ccncc2)[nH]1)NCc1ccc(N2CCCC2)cc1. The van der Waals surface area contributed by atoms with Gasteiger partial charge in [-0.3, -0.25) is 4.98 Å². The van der Waals surface area contributed by atoms with Crippen LogP contribution in [0.25, 0.3) is 22.5 Å². The number of halogens is 1. The van der Waals surface area contributed by atoms with E-state index in [1.54, 1.807) is 24.5 Å². The molecule has 1 saturated heterocycles. The summed E-state index contributed by atoms with van der Waals surface area (Å²) in [4.78, 5) is 15.1. The monoisotopic (exact) mass is 501 g/mol. The largest absolute Gasteiger partial charge is 0.506 e. The molecule has 5 rings (SSSR count). The van der Waals surface area contributed by atoms with E-state index in [9.17, 15) is 5.11 Å². The minimum atomic E-state index is -0.194. The van der Waals surface area contributed by atoms with E-state index >= 15 is 0 Å².